The molecule has 1 rings (SSSR count). The van der Waals surface area contributed by atoms with Gasteiger partial charge in [-0.1, -0.05) is 58.0 Å². The van der Waals surface area contributed by atoms with Gasteiger partial charge >= 0.3 is 0 Å². The minimum atomic E-state index is -0.146. The molecule has 0 heterocycles. The van der Waals surface area contributed by atoms with E-state index in [1.54, 1.807) is 0 Å². The van der Waals surface area contributed by atoms with E-state index in [9.17, 15) is 4.79 Å². The van der Waals surface area contributed by atoms with Crippen LogP contribution in [0.25, 0.3) is 0 Å². The molecule has 0 aliphatic rings. The second-order valence-electron chi connectivity index (χ2n) is 6.52. The van der Waals surface area contributed by atoms with Gasteiger partial charge < -0.3 is 11.1 Å². The molecule has 0 aliphatic heterocycles. The summed E-state index contributed by atoms with van der Waals surface area (Å²) in [7, 11) is 0. The fourth-order valence-corrected chi connectivity index (χ4v) is 2.79. The predicted octanol–water partition coefficient (Wildman–Crippen LogP) is 2.85. The highest BCUT2D eigenvalue weighted by molar-refractivity contribution is 5.79. The van der Waals surface area contributed by atoms with Crippen LogP contribution in [-0.4, -0.2) is 19.0 Å². The molecule has 0 saturated heterocycles. The molecule has 0 aliphatic carbocycles. The molecular formula is C18H30N2O. The highest BCUT2D eigenvalue weighted by atomic mass is 16.1. The molecule has 3 heteroatoms. The summed E-state index contributed by atoms with van der Waals surface area (Å²) < 4.78 is 0. The van der Waals surface area contributed by atoms with E-state index in [-0.39, 0.29) is 11.8 Å². The van der Waals surface area contributed by atoms with Gasteiger partial charge in [0.05, 0.1) is 5.92 Å². The third kappa shape index (κ3) is 5.88. The van der Waals surface area contributed by atoms with Crippen molar-refractivity contribution >= 4 is 5.91 Å². The van der Waals surface area contributed by atoms with Crippen LogP contribution in [0.4, 0.5) is 0 Å². The van der Waals surface area contributed by atoms with Gasteiger partial charge in [-0.15, -0.1) is 0 Å². The largest absolute Gasteiger partial charge is 0.356 e. The molecule has 0 bridgehead atoms. The van der Waals surface area contributed by atoms with Gasteiger partial charge in [0.1, 0.15) is 0 Å². The van der Waals surface area contributed by atoms with Crippen molar-refractivity contribution in [3.05, 3.63) is 35.9 Å². The lowest BCUT2D eigenvalue weighted by Gasteiger charge is -2.26. The molecule has 1 aromatic carbocycles. The Kier molecular flexibility index (Phi) is 7.44. The Bertz CT molecular complexity index is 406. The van der Waals surface area contributed by atoms with Gasteiger partial charge in [-0.05, 0) is 29.7 Å². The van der Waals surface area contributed by atoms with Crippen molar-refractivity contribution in [1.82, 2.24) is 5.32 Å². The molecule has 3 nitrogen and oxygen atoms in total. The summed E-state index contributed by atoms with van der Waals surface area (Å²) in [4.78, 5) is 12.3. The van der Waals surface area contributed by atoms with Crippen molar-refractivity contribution in [1.29, 1.82) is 0 Å². The highest BCUT2D eigenvalue weighted by Gasteiger charge is 2.21. The van der Waals surface area contributed by atoms with Crippen LogP contribution in [0.3, 0.4) is 0 Å². The second-order valence-corrected chi connectivity index (χ2v) is 6.52. The van der Waals surface area contributed by atoms with Crippen LogP contribution in [0.1, 0.15) is 33.3 Å². The summed E-state index contributed by atoms with van der Waals surface area (Å²) in [5.41, 5.74) is 6.95. The maximum Gasteiger partial charge on any atom is 0.224 e. The molecule has 1 amide bonds. The summed E-state index contributed by atoms with van der Waals surface area (Å²) in [5, 5.41) is 3.10. The lowest BCUT2D eigenvalue weighted by atomic mass is 9.85. The number of amides is 1. The maximum atomic E-state index is 12.3. The third-order valence-corrected chi connectivity index (χ3v) is 4.20. The fourth-order valence-electron chi connectivity index (χ4n) is 2.79. The van der Waals surface area contributed by atoms with E-state index in [0.29, 0.717) is 30.7 Å². The van der Waals surface area contributed by atoms with Gasteiger partial charge in [0.15, 0.2) is 0 Å². The van der Waals surface area contributed by atoms with Crippen molar-refractivity contribution in [2.24, 2.45) is 29.4 Å². The molecule has 0 saturated carbocycles. The standard InChI is InChI=1S/C18H30N2O/c1-13(2)17(14(3)4)12-20-18(21)16(11-19)10-15-8-6-5-7-9-15/h5-9,13-14,16-17H,10-12,19H2,1-4H3,(H,20,21). The maximum absolute atomic E-state index is 12.3. The van der Waals surface area contributed by atoms with E-state index in [1.165, 1.54) is 0 Å². The zero-order valence-electron chi connectivity index (χ0n) is 13.8. The minimum absolute atomic E-state index is 0.0765. The third-order valence-electron chi connectivity index (χ3n) is 4.20. The molecule has 21 heavy (non-hydrogen) atoms. The number of carbonyl (C=O) groups excluding carboxylic acids is 1. The highest BCUT2D eigenvalue weighted by Crippen LogP contribution is 2.19. The Balaban J connectivity index is 2.55. The van der Waals surface area contributed by atoms with E-state index in [0.717, 1.165) is 12.1 Å². The molecule has 0 radical (unpaired) electrons. The van der Waals surface area contributed by atoms with Crippen LogP contribution in [0, 0.1) is 23.7 Å². The van der Waals surface area contributed by atoms with Crippen molar-refractivity contribution in [3.63, 3.8) is 0 Å². The van der Waals surface area contributed by atoms with Crippen LogP contribution >= 0.6 is 0 Å². The van der Waals surface area contributed by atoms with Crippen LogP contribution in [0.2, 0.25) is 0 Å². The quantitative estimate of drug-likeness (QED) is 0.773. The fraction of sp³-hybridized carbons (Fsp3) is 0.611. The number of nitrogens with two attached hydrogens (primary N) is 1. The van der Waals surface area contributed by atoms with Crippen molar-refractivity contribution in [3.8, 4) is 0 Å². The molecule has 0 fully saturated rings. The van der Waals surface area contributed by atoms with Gasteiger partial charge in [-0.3, -0.25) is 4.79 Å². The SMILES string of the molecule is CC(C)C(CNC(=O)C(CN)Cc1ccccc1)C(C)C. The van der Waals surface area contributed by atoms with Crippen molar-refractivity contribution in [2.75, 3.05) is 13.1 Å². The second kappa shape index (κ2) is 8.83. The topological polar surface area (TPSA) is 55.1 Å². The van der Waals surface area contributed by atoms with E-state index in [4.69, 9.17) is 5.73 Å². The van der Waals surface area contributed by atoms with Crippen molar-refractivity contribution in [2.45, 2.75) is 34.1 Å². The van der Waals surface area contributed by atoms with E-state index in [2.05, 4.69) is 33.0 Å². The Morgan fingerprint density at radius 1 is 1.10 bits per heavy atom. The summed E-state index contributed by atoms with van der Waals surface area (Å²) in [6, 6.07) is 10.1. The average Bonchev–Trinajstić information content (AvgIpc) is 2.45. The van der Waals surface area contributed by atoms with Crippen LogP contribution in [0.15, 0.2) is 30.3 Å². The smallest absolute Gasteiger partial charge is 0.224 e. The molecule has 0 aromatic heterocycles. The number of carbonyl (C=O) groups is 1. The summed E-state index contributed by atoms with van der Waals surface area (Å²) in [6.45, 7) is 9.96. The van der Waals surface area contributed by atoms with Gasteiger partial charge in [0, 0.05) is 13.1 Å². The van der Waals surface area contributed by atoms with Crippen molar-refractivity contribution < 1.29 is 4.79 Å². The first-order valence-electron chi connectivity index (χ1n) is 7.97. The molecule has 118 valence electrons. The Morgan fingerprint density at radius 2 is 1.67 bits per heavy atom. The van der Waals surface area contributed by atoms with Gasteiger partial charge in [-0.2, -0.15) is 0 Å². The number of nitrogens with one attached hydrogen (secondary N) is 1. The predicted molar refractivity (Wildman–Crippen MR) is 88.9 cm³/mol. The van der Waals surface area contributed by atoms with E-state index in [1.807, 2.05) is 30.3 Å². The van der Waals surface area contributed by atoms with E-state index >= 15 is 0 Å². The molecular weight excluding hydrogens is 260 g/mol. The molecule has 1 atom stereocenters. The summed E-state index contributed by atoms with van der Waals surface area (Å²) >= 11 is 0. The number of hydrogen-bond acceptors (Lipinski definition) is 2. The molecule has 0 spiro atoms. The normalized spacial score (nSPS) is 13.0. The van der Waals surface area contributed by atoms with Crippen LogP contribution in [0.5, 0.6) is 0 Å². The lowest BCUT2D eigenvalue weighted by molar-refractivity contribution is -0.125. The first-order chi connectivity index (χ1) is 9.95. The van der Waals surface area contributed by atoms with Crippen LogP contribution in [-0.2, 0) is 11.2 Å². The number of rotatable bonds is 8. The van der Waals surface area contributed by atoms with Crippen LogP contribution < -0.4 is 11.1 Å². The van der Waals surface area contributed by atoms with Gasteiger partial charge in [-0.25, -0.2) is 0 Å². The summed E-state index contributed by atoms with van der Waals surface area (Å²) in [6.07, 6.45) is 0.706. The average molecular weight is 290 g/mol. The minimum Gasteiger partial charge on any atom is -0.356 e. The van der Waals surface area contributed by atoms with Gasteiger partial charge in [0.25, 0.3) is 0 Å². The Labute approximate surface area is 129 Å². The Hall–Kier alpha value is -1.35. The number of benzene rings is 1. The monoisotopic (exact) mass is 290 g/mol. The van der Waals surface area contributed by atoms with E-state index < -0.39 is 0 Å². The molecule has 3 N–H and O–H groups in total. The lowest BCUT2D eigenvalue weighted by Crippen LogP contribution is -2.40. The van der Waals surface area contributed by atoms with Gasteiger partial charge in [0.2, 0.25) is 5.91 Å². The molecule has 1 unspecified atom stereocenters. The molecule has 1 aromatic rings. The first kappa shape index (κ1) is 17.7. The number of hydrogen-bond donors (Lipinski definition) is 2. The first-order valence-corrected chi connectivity index (χ1v) is 7.97. The zero-order chi connectivity index (χ0) is 15.8. The summed E-state index contributed by atoms with van der Waals surface area (Å²) in [5.74, 6) is 1.57. The zero-order valence-corrected chi connectivity index (χ0v) is 13.8. The Morgan fingerprint density at radius 3 is 2.14 bits per heavy atom.